The standard InChI is InChI=1S/C20H21N3O3S/c1-13-14(2)27-19(21-13)12-22-7-9-23(10-8-22)20(25)18-11-16(24)15-5-3-4-6-17(15)26-18/h3-6,11H,7-10,12H2,1-2H3. The minimum Gasteiger partial charge on any atom is -0.451 e. The number of rotatable bonds is 3. The van der Waals surface area contributed by atoms with Crippen LogP contribution in [0.15, 0.2) is 39.5 Å². The van der Waals surface area contributed by atoms with Gasteiger partial charge < -0.3 is 9.32 Å². The molecule has 3 aromatic rings. The average Bonchev–Trinajstić information content (AvgIpc) is 2.99. The van der Waals surface area contributed by atoms with Crippen LogP contribution in [-0.4, -0.2) is 46.9 Å². The van der Waals surface area contributed by atoms with Crippen molar-refractivity contribution < 1.29 is 9.21 Å². The van der Waals surface area contributed by atoms with E-state index < -0.39 is 0 Å². The van der Waals surface area contributed by atoms with Crippen LogP contribution in [0.5, 0.6) is 0 Å². The molecule has 0 unspecified atom stereocenters. The van der Waals surface area contributed by atoms with E-state index in [9.17, 15) is 9.59 Å². The summed E-state index contributed by atoms with van der Waals surface area (Å²) >= 11 is 1.73. The number of benzene rings is 1. The van der Waals surface area contributed by atoms with Crippen molar-refractivity contribution in [2.24, 2.45) is 0 Å². The molecule has 4 rings (SSSR count). The van der Waals surface area contributed by atoms with Gasteiger partial charge in [-0.25, -0.2) is 4.98 Å². The molecule has 1 aliphatic heterocycles. The van der Waals surface area contributed by atoms with Crippen molar-refractivity contribution in [3.8, 4) is 0 Å². The molecular weight excluding hydrogens is 362 g/mol. The van der Waals surface area contributed by atoms with E-state index in [2.05, 4.69) is 16.8 Å². The summed E-state index contributed by atoms with van der Waals surface area (Å²) in [5, 5.41) is 1.61. The summed E-state index contributed by atoms with van der Waals surface area (Å²) in [7, 11) is 0. The predicted molar refractivity (Wildman–Crippen MR) is 105 cm³/mol. The molecule has 0 saturated carbocycles. The topological polar surface area (TPSA) is 66.7 Å². The second-order valence-electron chi connectivity index (χ2n) is 6.79. The largest absolute Gasteiger partial charge is 0.451 e. The van der Waals surface area contributed by atoms with Crippen molar-refractivity contribution in [1.82, 2.24) is 14.8 Å². The Morgan fingerprint density at radius 2 is 1.93 bits per heavy atom. The van der Waals surface area contributed by atoms with Gasteiger partial charge in [0.05, 0.1) is 17.6 Å². The molecule has 1 aromatic carbocycles. The summed E-state index contributed by atoms with van der Waals surface area (Å²) in [6, 6.07) is 8.30. The zero-order chi connectivity index (χ0) is 19.0. The van der Waals surface area contributed by atoms with Gasteiger partial charge in [0, 0.05) is 37.1 Å². The van der Waals surface area contributed by atoms with Crippen molar-refractivity contribution in [3.05, 3.63) is 61.9 Å². The molecule has 1 fully saturated rings. The van der Waals surface area contributed by atoms with Crippen LogP contribution < -0.4 is 5.43 Å². The van der Waals surface area contributed by atoms with E-state index in [-0.39, 0.29) is 17.1 Å². The normalized spacial score (nSPS) is 15.4. The van der Waals surface area contributed by atoms with Crippen LogP contribution in [0, 0.1) is 13.8 Å². The summed E-state index contributed by atoms with van der Waals surface area (Å²) in [5.74, 6) is -0.114. The number of aromatic nitrogens is 1. The van der Waals surface area contributed by atoms with Gasteiger partial charge in [-0.2, -0.15) is 0 Å². The van der Waals surface area contributed by atoms with E-state index in [1.165, 1.54) is 10.9 Å². The second-order valence-corrected chi connectivity index (χ2v) is 8.08. The Hall–Kier alpha value is -2.51. The quantitative estimate of drug-likeness (QED) is 0.696. The third-order valence-electron chi connectivity index (χ3n) is 4.94. The van der Waals surface area contributed by atoms with Gasteiger partial charge in [-0.1, -0.05) is 12.1 Å². The minimum atomic E-state index is -0.224. The molecule has 0 bridgehead atoms. The van der Waals surface area contributed by atoms with Crippen LogP contribution in [0.1, 0.15) is 26.1 Å². The summed E-state index contributed by atoms with van der Waals surface area (Å²) in [4.78, 5) is 34.9. The maximum Gasteiger partial charge on any atom is 0.289 e. The van der Waals surface area contributed by atoms with Crippen LogP contribution in [0.3, 0.4) is 0 Å². The predicted octanol–water partition coefficient (Wildman–Crippen LogP) is 2.82. The molecule has 1 amide bonds. The maximum absolute atomic E-state index is 12.8. The third kappa shape index (κ3) is 3.65. The molecule has 0 atom stereocenters. The molecule has 3 heterocycles. The molecule has 0 radical (unpaired) electrons. The first-order valence-electron chi connectivity index (χ1n) is 8.98. The Morgan fingerprint density at radius 1 is 1.19 bits per heavy atom. The van der Waals surface area contributed by atoms with Crippen LogP contribution in [-0.2, 0) is 6.54 Å². The molecule has 7 heteroatoms. The van der Waals surface area contributed by atoms with Crippen molar-refractivity contribution in [2.75, 3.05) is 26.2 Å². The Morgan fingerprint density at radius 3 is 2.63 bits per heavy atom. The minimum absolute atomic E-state index is 0.110. The fourth-order valence-corrected chi connectivity index (χ4v) is 4.25. The van der Waals surface area contributed by atoms with Crippen molar-refractivity contribution in [1.29, 1.82) is 0 Å². The molecule has 1 saturated heterocycles. The molecule has 2 aromatic heterocycles. The number of nitrogens with zero attached hydrogens (tertiary/aromatic N) is 3. The lowest BCUT2D eigenvalue weighted by molar-refractivity contribution is 0.0598. The van der Waals surface area contributed by atoms with E-state index in [4.69, 9.17) is 4.42 Å². The SMILES string of the molecule is Cc1nc(CN2CCN(C(=O)c3cc(=O)c4ccccc4o3)CC2)sc1C. The summed E-state index contributed by atoms with van der Waals surface area (Å²) in [6.45, 7) is 7.71. The second kappa shape index (κ2) is 7.25. The molecule has 140 valence electrons. The van der Waals surface area contributed by atoms with E-state index in [0.29, 0.717) is 24.1 Å². The number of hydrogen-bond acceptors (Lipinski definition) is 6. The van der Waals surface area contributed by atoms with E-state index in [1.807, 2.05) is 6.92 Å². The summed E-state index contributed by atoms with van der Waals surface area (Å²) < 4.78 is 5.68. The van der Waals surface area contributed by atoms with Gasteiger partial charge in [0.25, 0.3) is 5.91 Å². The Kier molecular flexibility index (Phi) is 4.80. The number of amides is 1. The van der Waals surface area contributed by atoms with E-state index in [0.717, 1.165) is 30.3 Å². The van der Waals surface area contributed by atoms with E-state index in [1.54, 1.807) is 40.5 Å². The molecule has 27 heavy (non-hydrogen) atoms. The first-order chi connectivity index (χ1) is 13.0. The summed E-state index contributed by atoms with van der Waals surface area (Å²) in [5.41, 5.74) is 1.35. The number of carbonyl (C=O) groups is 1. The smallest absolute Gasteiger partial charge is 0.289 e. The molecule has 0 N–H and O–H groups in total. The lowest BCUT2D eigenvalue weighted by atomic mass is 10.2. The zero-order valence-electron chi connectivity index (χ0n) is 15.4. The first kappa shape index (κ1) is 17.9. The van der Waals surface area contributed by atoms with Crippen molar-refractivity contribution in [3.63, 3.8) is 0 Å². The van der Waals surface area contributed by atoms with Gasteiger partial charge in [-0.05, 0) is 26.0 Å². The van der Waals surface area contributed by atoms with E-state index >= 15 is 0 Å². The highest BCUT2D eigenvalue weighted by Crippen LogP contribution is 2.19. The van der Waals surface area contributed by atoms with Crippen LogP contribution in [0.25, 0.3) is 11.0 Å². The summed E-state index contributed by atoms with van der Waals surface area (Å²) in [6.07, 6.45) is 0. The highest BCUT2D eigenvalue weighted by molar-refractivity contribution is 7.11. The van der Waals surface area contributed by atoms with Gasteiger partial charge in [-0.15, -0.1) is 11.3 Å². The molecule has 0 spiro atoms. The maximum atomic E-state index is 12.8. The van der Waals surface area contributed by atoms with Crippen LogP contribution in [0.2, 0.25) is 0 Å². The highest BCUT2D eigenvalue weighted by Gasteiger charge is 2.25. The lowest BCUT2D eigenvalue weighted by Crippen LogP contribution is -2.48. The highest BCUT2D eigenvalue weighted by atomic mass is 32.1. The van der Waals surface area contributed by atoms with Gasteiger partial charge in [0.2, 0.25) is 0 Å². The average molecular weight is 383 g/mol. The molecule has 1 aliphatic rings. The molecule has 0 aliphatic carbocycles. The molecule has 6 nitrogen and oxygen atoms in total. The number of hydrogen-bond donors (Lipinski definition) is 0. The Labute approximate surface area is 161 Å². The third-order valence-corrected chi connectivity index (χ3v) is 5.99. The Bertz CT molecular complexity index is 1030. The van der Waals surface area contributed by atoms with Gasteiger partial charge in [0.1, 0.15) is 10.6 Å². The monoisotopic (exact) mass is 383 g/mol. The van der Waals surface area contributed by atoms with Crippen molar-refractivity contribution >= 4 is 28.2 Å². The fraction of sp³-hybridized carbons (Fsp3) is 0.350. The fourth-order valence-electron chi connectivity index (χ4n) is 3.27. The number of fused-ring (bicyclic) bond motifs is 1. The van der Waals surface area contributed by atoms with Gasteiger partial charge in [-0.3, -0.25) is 14.5 Å². The molecular formula is C20H21N3O3S. The van der Waals surface area contributed by atoms with Crippen molar-refractivity contribution in [2.45, 2.75) is 20.4 Å². The lowest BCUT2D eigenvalue weighted by Gasteiger charge is -2.33. The first-order valence-corrected chi connectivity index (χ1v) is 9.80. The number of para-hydroxylation sites is 1. The van der Waals surface area contributed by atoms with Gasteiger partial charge in [0.15, 0.2) is 11.2 Å². The van der Waals surface area contributed by atoms with Crippen LogP contribution >= 0.6 is 11.3 Å². The number of aryl methyl sites for hydroxylation is 2. The number of thiazole rings is 1. The zero-order valence-corrected chi connectivity index (χ0v) is 16.2. The van der Waals surface area contributed by atoms with Gasteiger partial charge >= 0.3 is 0 Å². The number of piperazine rings is 1. The number of carbonyl (C=O) groups excluding carboxylic acids is 1. The van der Waals surface area contributed by atoms with Crippen LogP contribution in [0.4, 0.5) is 0 Å². The Balaban J connectivity index is 1.43.